The predicted molar refractivity (Wildman–Crippen MR) is 105 cm³/mol. The second-order valence-electron chi connectivity index (χ2n) is 7.57. The van der Waals surface area contributed by atoms with E-state index in [-0.39, 0.29) is 5.91 Å². The molecule has 0 spiro atoms. The third-order valence-corrected chi connectivity index (χ3v) is 6.14. The highest BCUT2D eigenvalue weighted by Gasteiger charge is 2.45. The van der Waals surface area contributed by atoms with Crippen LogP contribution in [0.25, 0.3) is 0 Å². The second-order valence-corrected chi connectivity index (χ2v) is 7.57. The maximum atomic E-state index is 13.7. The third kappa shape index (κ3) is 3.46. The van der Waals surface area contributed by atoms with E-state index in [1.165, 1.54) is 5.56 Å². The lowest BCUT2D eigenvalue weighted by Gasteiger charge is -2.39. The van der Waals surface area contributed by atoms with Crippen molar-refractivity contribution in [3.63, 3.8) is 0 Å². The Balaban J connectivity index is 1.58. The summed E-state index contributed by atoms with van der Waals surface area (Å²) < 4.78 is 10.9. The van der Waals surface area contributed by atoms with Gasteiger partial charge in [0.05, 0.1) is 12.5 Å². The standard InChI is InChI=1S/C23H27NO3/c1-26-21-9-7-20(8-10-21)23(12-15-27-16-13-23)22(25)24-14-11-19(17-24)18-5-3-2-4-6-18/h2-10,19H,11-17H2,1H3. The largest absolute Gasteiger partial charge is 0.497 e. The number of ether oxygens (including phenoxy) is 2. The van der Waals surface area contributed by atoms with Gasteiger partial charge in [-0.3, -0.25) is 4.79 Å². The minimum absolute atomic E-state index is 0.259. The zero-order valence-electron chi connectivity index (χ0n) is 15.9. The molecular formula is C23H27NO3. The van der Waals surface area contributed by atoms with Crippen LogP contribution in [-0.4, -0.2) is 44.2 Å². The Morgan fingerprint density at radius 3 is 2.44 bits per heavy atom. The number of likely N-dealkylation sites (tertiary alicyclic amines) is 1. The van der Waals surface area contributed by atoms with Crippen molar-refractivity contribution in [2.75, 3.05) is 33.4 Å². The van der Waals surface area contributed by atoms with Crippen LogP contribution in [0.15, 0.2) is 54.6 Å². The van der Waals surface area contributed by atoms with E-state index in [0.29, 0.717) is 19.1 Å². The topological polar surface area (TPSA) is 38.8 Å². The quantitative estimate of drug-likeness (QED) is 0.828. The highest BCUT2D eigenvalue weighted by molar-refractivity contribution is 5.89. The lowest BCUT2D eigenvalue weighted by Crippen LogP contribution is -2.49. The van der Waals surface area contributed by atoms with Gasteiger partial charge in [0.15, 0.2) is 0 Å². The molecule has 1 unspecified atom stereocenters. The molecule has 4 rings (SSSR count). The van der Waals surface area contributed by atoms with Gasteiger partial charge < -0.3 is 14.4 Å². The van der Waals surface area contributed by atoms with E-state index in [2.05, 4.69) is 29.2 Å². The summed E-state index contributed by atoms with van der Waals surface area (Å²) in [5.74, 6) is 1.51. The molecule has 2 aromatic rings. The van der Waals surface area contributed by atoms with Gasteiger partial charge in [0, 0.05) is 32.2 Å². The lowest BCUT2D eigenvalue weighted by atomic mass is 9.73. The summed E-state index contributed by atoms with van der Waals surface area (Å²) in [4.78, 5) is 15.8. The maximum absolute atomic E-state index is 13.7. The fourth-order valence-corrected chi connectivity index (χ4v) is 4.50. The molecule has 2 heterocycles. The summed E-state index contributed by atoms with van der Waals surface area (Å²) in [5, 5.41) is 0. The molecule has 0 radical (unpaired) electrons. The van der Waals surface area contributed by atoms with Gasteiger partial charge >= 0.3 is 0 Å². The molecule has 4 nitrogen and oxygen atoms in total. The van der Waals surface area contributed by atoms with E-state index in [1.807, 2.05) is 30.3 Å². The summed E-state index contributed by atoms with van der Waals surface area (Å²) in [6.07, 6.45) is 2.51. The summed E-state index contributed by atoms with van der Waals surface area (Å²) in [5.41, 5.74) is 1.94. The Kier molecular flexibility index (Phi) is 5.17. The van der Waals surface area contributed by atoms with E-state index in [0.717, 1.165) is 43.7 Å². The Bertz CT molecular complexity index is 766. The molecule has 0 aliphatic carbocycles. The average Bonchev–Trinajstić information content (AvgIpc) is 3.24. The Hall–Kier alpha value is -2.33. The van der Waals surface area contributed by atoms with Crippen molar-refractivity contribution in [2.24, 2.45) is 0 Å². The van der Waals surface area contributed by atoms with Crippen LogP contribution in [0.4, 0.5) is 0 Å². The number of hydrogen-bond acceptors (Lipinski definition) is 3. The number of hydrogen-bond donors (Lipinski definition) is 0. The molecule has 0 N–H and O–H groups in total. The first kappa shape index (κ1) is 18.1. The highest BCUT2D eigenvalue weighted by Crippen LogP contribution is 2.39. The minimum Gasteiger partial charge on any atom is -0.497 e. The van der Waals surface area contributed by atoms with E-state index < -0.39 is 5.41 Å². The third-order valence-electron chi connectivity index (χ3n) is 6.14. The molecule has 1 atom stereocenters. The van der Waals surface area contributed by atoms with Gasteiger partial charge in [-0.1, -0.05) is 42.5 Å². The molecule has 2 aromatic carbocycles. The maximum Gasteiger partial charge on any atom is 0.233 e. The summed E-state index contributed by atoms with van der Waals surface area (Å²) in [7, 11) is 1.67. The summed E-state index contributed by atoms with van der Waals surface area (Å²) in [6, 6.07) is 18.6. The number of methoxy groups -OCH3 is 1. The number of carbonyl (C=O) groups is 1. The van der Waals surface area contributed by atoms with Crippen LogP contribution in [0, 0.1) is 0 Å². The van der Waals surface area contributed by atoms with Crippen LogP contribution in [-0.2, 0) is 14.9 Å². The smallest absolute Gasteiger partial charge is 0.233 e. The van der Waals surface area contributed by atoms with Gasteiger partial charge in [-0.2, -0.15) is 0 Å². The van der Waals surface area contributed by atoms with Crippen molar-refractivity contribution in [3.8, 4) is 5.75 Å². The number of nitrogens with zero attached hydrogens (tertiary/aromatic N) is 1. The van der Waals surface area contributed by atoms with Gasteiger partial charge in [-0.25, -0.2) is 0 Å². The molecule has 4 heteroatoms. The van der Waals surface area contributed by atoms with Gasteiger partial charge in [0.1, 0.15) is 5.75 Å². The SMILES string of the molecule is COc1ccc(C2(C(=O)N3CCC(c4ccccc4)C3)CCOCC2)cc1. The first-order valence-electron chi connectivity index (χ1n) is 9.79. The molecule has 2 saturated heterocycles. The number of carbonyl (C=O) groups excluding carboxylic acids is 1. The molecule has 0 aromatic heterocycles. The van der Waals surface area contributed by atoms with Crippen LogP contribution in [0.3, 0.4) is 0 Å². The summed E-state index contributed by atoms with van der Waals surface area (Å²) in [6.45, 7) is 2.90. The summed E-state index contributed by atoms with van der Waals surface area (Å²) >= 11 is 0. The van der Waals surface area contributed by atoms with E-state index in [4.69, 9.17) is 9.47 Å². The van der Waals surface area contributed by atoms with Crippen LogP contribution < -0.4 is 4.74 Å². The number of rotatable bonds is 4. The second kappa shape index (κ2) is 7.73. The van der Waals surface area contributed by atoms with Crippen molar-refractivity contribution in [1.82, 2.24) is 4.90 Å². The van der Waals surface area contributed by atoms with E-state index in [9.17, 15) is 4.79 Å². The monoisotopic (exact) mass is 365 g/mol. The van der Waals surface area contributed by atoms with Crippen LogP contribution in [0.2, 0.25) is 0 Å². The number of benzene rings is 2. The molecule has 1 amide bonds. The molecule has 142 valence electrons. The van der Waals surface area contributed by atoms with Crippen molar-refractivity contribution < 1.29 is 14.3 Å². The minimum atomic E-state index is -0.476. The van der Waals surface area contributed by atoms with Crippen LogP contribution >= 0.6 is 0 Å². The predicted octanol–water partition coefficient (Wildman–Crippen LogP) is 3.76. The Labute approximate surface area is 161 Å². The average molecular weight is 365 g/mol. The van der Waals surface area contributed by atoms with Crippen LogP contribution in [0.5, 0.6) is 5.75 Å². The van der Waals surface area contributed by atoms with Gasteiger partial charge in [0.2, 0.25) is 5.91 Å². The lowest BCUT2D eigenvalue weighted by molar-refractivity contribution is -0.140. The molecule has 2 aliphatic rings. The fraction of sp³-hybridized carbons (Fsp3) is 0.435. The number of amides is 1. The Morgan fingerprint density at radius 2 is 1.78 bits per heavy atom. The van der Waals surface area contributed by atoms with Crippen molar-refractivity contribution in [3.05, 3.63) is 65.7 Å². The van der Waals surface area contributed by atoms with Gasteiger partial charge in [0.25, 0.3) is 0 Å². The van der Waals surface area contributed by atoms with Crippen molar-refractivity contribution >= 4 is 5.91 Å². The molecule has 2 fully saturated rings. The van der Waals surface area contributed by atoms with E-state index in [1.54, 1.807) is 7.11 Å². The van der Waals surface area contributed by atoms with Crippen molar-refractivity contribution in [1.29, 1.82) is 0 Å². The first-order valence-corrected chi connectivity index (χ1v) is 9.79. The molecular weight excluding hydrogens is 338 g/mol. The molecule has 2 aliphatic heterocycles. The molecule has 0 saturated carbocycles. The highest BCUT2D eigenvalue weighted by atomic mass is 16.5. The molecule has 0 bridgehead atoms. The van der Waals surface area contributed by atoms with Crippen LogP contribution in [0.1, 0.15) is 36.3 Å². The zero-order valence-corrected chi connectivity index (χ0v) is 15.9. The van der Waals surface area contributed by atoms with E-state index >= 15 is 0 Å². The normalized spacial score (nSPS) is 21.8. The first-order chi connectivity index (χ1) is 13.2. The molecule has 27 heavy (non-hydrogen) atoms. The zero-order chi connectivity index (χ0) is 18.7. The van der Waals surface area contributed by atoms with Gasteiger partial charge in [-0.15, -0.1) is 0 Å². The van der Waals surface area contributed by atoms with Crippen molar-refractivity contribution in [2.45, 2.75) is 30.6 Å². The Morgan fingerprint density at radius 1 is 1.07 bits per heavy atom. The van der Waals surface area contributed by atoms with Gasteiger partial charge in [-0.05, 0) is 42.5 Å². The fourth-order valence-electron chi connectivity index (χ4n) is 4.50.